The lowest BCUT2D eigenvalue weighted by molar-refractivity contribution is 0.281. The zero-order chi connectivity index (χ0) is 12.4. The normalized spacial score (nSPS) is 10.6. The molecule has 1 aromatic heterocycles. The number of methoxy groups -OCH3 is 1. The van der Waals surface area contributed by atoms with Gasteiger partial charge in [-0.3, -0.25) is 0 Å². The van der Waals surface area contributed by atoms with E-state index in [1.807, 2.05) is 11.4 Å². The fourth-order valence-corrected chi connectivity index (χ4v) is 2.32. The fraction of sp³-hybridized carbons (Fsp3) is 0.308. The van der Waals surface area contributed by atoms with E-state index in [9.17, 15) is 0 Å². The van der Waals surface area contributed by atoms with Gasteiger partial charge >= 0.3 is 0 Å². The average Bonchev–Trinajstić information content (AvgIpc) is 2.80. The molecular weight excluding hydrogens is 234 g/mol. The molecule has 0 atom stereocenters. The Balaban J connectivity index is 2.53. The first-order valence-electron chi connectivity index (χ1n) is 5.36. The van der Waals surface area contributed by atoms with E-state index in [2.05, 4.69) is 24.9 Å². The molecule has 2 aromatic rings. The van der Waals surface area contributed by atoms with Crippen molar-refractivity contribution >= 4 is 11.3 Å². The number of aliphatic hydroxyl groups is 1. The number of hydrogen-bond donors (Lipinski definition) is 1. The highest BCUT2D eigenvalue weighted by molar-refractivity contribution is 7.09. The molecule has 0 aliphatic heterocycles. The van der Waals surface area contributed by atoms with Crippen molar-refractivity contribution in [3.8, 4) is 17.0 Å². The number of ether oxygens (including phenoxy) is 1. The maximum atomic E-state index is 9.04. The van der Waals surface area contributed by atoms with E-state index in [-0.39, 0.29) is 6.61 Å². The second kappa shape index (κ2) is 4.85. The molecule has 1 aromatic carbocycles. The molecule has 0 radical (unpaired) electrons. The van der Waals surface area contributed by atoms with E-state index in [0.717, 1.165) is 22.0 Å². The van der Waals surface area contributed by atoms with Gasteiger partial charge in [-0.15, -0.1) is 11.3 Å². The van der Waals surface area contributed by atoms with E-state index in [1.54, 1.807) is 7.11 Å². The summed E-state index contributed by atoms with van der Waals surface area (Å²) in [5.74, 6) is 0.822. The number of hydrogen-bond acceptors (Lipinski definition) is 4. The van der Waals surface area contributed by atoms with Gasteiger partial charge in [-0.05, 0) is 37.1 Å². The average molecular weight is 249 g/mol. The minimum Gasteiger partial charge on any atom is -0.496 e. The Hall–Kier alpha value is -1.39. The number of benzene rings is 1. The van der Waals surface area contributed by atoms with E-state index >= 15 is 0 Å². The highest BCUT2D eigenvalue weighted by Gasteiger charge is 2.11. The summed E-state index contributed by atoms with van der Waals surface area (Å²) in [5, 5.41) is 11.7. The van der Waals surface area contributed by atoms with Gasteiger partial charge < -0.3 is 9.84 Å². The molecule has 0 unspecified atom stereocenters. The van der Waals surface area contributed by atoms with E-state index in [0.29, 0.717) is 0 Å². The second-order valence-corrected chi connectivity index (χ2v) is 4.86. The third-order valence-electron chi connectivity index (χ3n) is 2.78. The molecule has 17 heavy (non-hydrogen) atoms. The third-order valence-corrected chi connectivity index (χ3v) is 3.61. The van der Waals surface area contributed by atoms with Crippen molar-refractivity contribution < 1.29 is 9.84 Å². The summed E-state index contributed by atoms with van der Waals surface area (Å²) >= 11 is 1.46. The lowest BCUT2D eigenvalue weighted by Crippen LogP contribution is -1.92. The van der Waals surface area contributed by atoms with E-state index < -0.39 is 0 Å². The van der Waals surface area contributed by atoms with Gasteiger partial charge in [0.05, 0.1) is 19.4 Å². The number of nitrogens with zero attached hydrogens (tertiary/aromatic N) is 1. The minimum atomic E-state index is -0.0160. The largest absolute Gasteiger partial charge is 0.496 e. The molecule has 4 heteroatoms. The number of thiazole rings is 1. The predicted octanol–water partition coefficient (Wildman–Crippen LogP) is 2.93. The van der Waals surface area contributed by atoms with Crippen LogP contribution in [-0.2, 0) is 6.61 Å². The molecule has 1 heterocycles. The van der Waals surface area contributed by atoms with Crippen LogP contribution in [0.4, 0.5) is 0 Å². The molecule has 0 amide bonds. The molecule has 0 aliphatic carbocycles. The maximum Gasteiger partial charge on any atom is 0.128 e. The van der Waals surface area contributed by atoms with Gasteiger partial charge in [-0.1, -0.05) is 0 Å². The minimum absolute atomic E-state index is 0.0160. The molecule has 1 N–H and O–H groups in total. The zero-order valence-electron chi connectivity index (χ0n) is 10.2. The summed E-state index contributed by atoms with van der Waals surface area (Å²) in [6.07, 6.45) is 0. The molecule has 0 spiro atoms. The summed E-state index contributed by atoms with van der Waals surface area (Å²) in [6, 6.07) is 4.09. The quantitative estimate of drug-likeness (QED) is 0.909. The lowest BCUT2D eigenvalue weighted by atomic mass is 10.0. The van der Waals surface area contributed by atoms with Crippen LogP contribution in [0.15, 0.2) is 17.5 Å². The highest BCUT2D eigenvalue weighted by Crippen LogP contribution is 2.33. The summed E-state index contributed by atoms with van der Waals surface area (Å²) in [5.41, 5.74) is 4.24. The first kappa shape index (κ1) is 12.1. The summed E-state index contributed by atoms with van der Waals surface area (Å²) in [7, 11) is 1.66. The Morgan fingerprint density at radius 1 is 1.29 bits per heavy atom. The first-order chi connectivity index (χ1) is 8.15. The molecule has 0 fully saturated rings. The third kappa shape index (κ3) is 2.33. The Kier molecular flexibility index (Phi) is 3.45. The van der Waals surface area contributed by atoms with Crippen molar-refractivity contribution in [2.24, 2.45) is 0 Å². The summed E-state index contributed by atoms with van der Waals surface area (Å²) in [6.45, 7) is 4.11. The lowest BCUT2D eigenvalue weighted by Gasteiger charge is -2.09. The van der Waals surface area contributed by atoms with Crippen LogP contribution in [0, 0.1) is 13.8 Å². The molecule has 0 aliphatic rings. The second-order valence-electron chi connectivity index (χ2n) is 3.92. The van der Waals surface area contributed by atoms with Crippen LogP contribution in [0.2, 0.25) is 0 Å². The Morgan fingerprint density at radius 3 is 2.59 bits per heavy atom. The smallest absolute Gasteiger partial charge is 0.128 e. The summed E-state index contributed by atoms with van der Waals surface area (Å²) < 4.78 is 5.38. The van der Waals surface area contributed by atoms with Gasteiger partial charge in [0, 0.05) is 10.9 Å². The van der Waals surface area contributed by atoms with Crippen LogP contribution >= 0.6 is 11.3 Å². The Morgan fingerprint density at radius 2 is 2.00 bits per heavy atom. The molecule has 0 saturated carbocycles. The molecule has 0 saturated heterocycles. The van der Waals surface area contributed by atoms with Crippen molar-refractivity contribution in [1.82, 2.24) is 4.98 Å². The van der Waals surface area contributed by atoms with Crippen molar-refractivity contribution in [2.75, 3.05) is 7.11 Å². The molecule has 2 rings (SSSR count). The van der Waals surface area contributed by atoms with Crippen LogP contribution in [-0.4, -0.2) is 17.2 Å². The molecule has 90 valence electrons. The molecular formula is C13H15NO2S. The van der Waals surface area contributed by atoms with Crippen LogP contribution < -0.4 is 4.74 Å². The number of aryl methyl sites for hydroxylation is 2. The van der Waals surface area contributed by atoms with Crippen LogP contribution in [0.5, 0.6) is 5.75 Å². The van der Waals surface area contributed by atoms with E-state index in [1.165, 1.54) is 22.5 Å². The number of rotatable bonds is 3. The van der Waals surface area contributed by atoms with Crippen molar-refractivity contribution in [1.29, 1.82) is 0 Å². The standard InChI is InChI=1S/C13H15NO2S/c1-8-4-10(12(16-3)5-9(8)2)11-7-17-13(6-15)14-11/h4-5,7,15H,6H2,1-3H3. The Bertz CT molecular complexity index is 534. The highest BCUT2D eigenvalue weighted by atomic mass is 32.1. The predicted molar refractivity (Wildman–Crippen MR) is 69.5 cm³/mol. The SMILES string of the molecule is COc1cc(C)c(C)cc1-c1csc(CO)n1. The topological polar surface area (TPSA) is 42.4 Å². The van der Waals surface area contributed by atoms with Gasteiger partial charge in [-0.2, -0.15) is 0 Å². The van der Waals surface area contributed by atoms with Gasteiger partial charge in [0.2, 0.25) is 0 Å². The van der Waals surface area contributed by atoms with Crippen LogP contribution in [0.25, 0.3) is 11.3 Å². The molecule has 3 nitrogen and oxygen atoms in total. The zero-order valence-corrected chi connectivity index (χ0v) is 11.0. The molecule has 0 bridgehead atoms. The Labute approximate surface area is 105 Å². The van der Waals surface area contributed by atoms with Gasteiger partial charge in [0.25, 0.3) is 0 Å². The van der Waals surface area contributed by atoms with Crippen LogP contribution in [0.1, 0.15) is 16.1 Å². The van der Waals surface area contributed by atoms with Crippen molar-refractivity contribution in [3.05, 3.63) is 33.6 Å². The summed E-state index contributed by atoms with van der Waals surface area (Å²) in [4.78, 5) is 4.37. The first-order valence-corrected chi connectivity index (χ1v) is 6.24. The number of aromatic nitrogens is 1. The maximum absolute atomic E-state index is 9.04. The van der Waals surface area contributed by atoms with Gasteiger partial charge in [-0.25, -0.2) is 4.98 Å². The van der Waals surface area contributed by atoms with Gasteiger partial charge in [0.1, 0.15) is 10.8 Å². The van der Waals surface area contributed by atoms with Crippen molar-refractivity contribution in [2.45, 2.75) is 20.5 Å². The fourth-order valence-electron chi connectivity index (χ4n) is 1.67. The van der Waals surface area contributed by atoms with Crippen molar-refractivity contribution in [3.63, 3.8) is 0 Å². The van der Waals surface area contributed by atoms with Gasteiger partial charge in [0.15, 0.2) is 0 Å². The number of aliphatic hydroxyl groups excluding tert-OH is 1. The van der Waals surface area contributed by atoms with Crippen LogP contribution in [0.3, 0.4) is 0 Å². The van der Waals surface area contributed by atoms with E-state index in [4.69, 9.17) is 9.84 Å². The monoisotopic (exact) mass is 249 g/mol.